The average Bonchev–Trinajstić information content (AvgIpc) is 2.67. The van der Waals surface area contributed by atoms with Crippen molar-refractivity contribution < 1.29 is 0 Å². The number of nitrogens with one attached hydrogen (secondary N) is 1. The minimum atomic E-state index is 0.810. The van der Waals surface area contributed by atoms with Crippen LogP contribution in [0, 0.1) is 5.92 Å². The van der Waals surface area contributed by atoms with E-state index in [1.807, 2.05) is 0 Å². The maximum absolute atomic E-state index is 3.41. The molecule has 0 bridgehead atoms. The van der Waals surface area contributed by atoms with Gasteiger partial charge in [-0.25, -0.2) is 0 Å². The molecule has 2 nitrogen and oxygen atoms in total. The monoisotopic (exact) mass is 196 g/mol. The summed E-state index contributed by atoms with van der Waals surface area (Å²) in [5.74, 6) is 0.977. The van der Waals surface area contributed by atoms with Crippen molar-refractivity contribution in [3.8, 4) is 0 Å². The molecule has 82 valence electrons. The molecule has 2 rings (SSSR count). The second kappa shape index (κ2) is 5.13. The molecule has 1 aliphatic heterocycles. The van der Waals surface area contributed by atoms with Crippen LogP contribution in [-0.4, -0.2) is 37.6 Å². The minimum absolute atomic E-state index is 0.810. The Morgan fingerprint density at radius 1 is 1.14 bits per heavy atom. The maximum Gasteiger partial charge on any atom is 0.00672 e. The smallest absolute Gasteiger partial charge is 0.00672 e. The van der Waals surface area contributed by atoms with Crippen molar-refractivity contribution in [2.24, 2.45) is 5.92 Å². The van der Waals surface area contributed by atoms with Crippen LogP contribution in [0.5, 0.6) is 0 Å². The van der Waals surface area contributed by atoms with Crippen LogP contribution in [-0.2, 0) is 0 Å². The van der Waals surface area contributed by atoms with E-state index in [9.17, 15) is 0 Å². The van der Waals surface area contributed by atoms with Crippen molar-refractivity contribution >= 4 is 0 Å². The molecule has 0 aromatic heterocycles. The van der Waals surface area contributed by atoms with Gasteiger partial charge in [-0.1, -0.05) is 6.42 Å². The van der Waals surface area contributed by atoms with E-state index in [0.717, 1.165) is 12.0 Å². The number of hydrogen-bond acceptors (Lipinski definition) is 2. The molecule has 1 heterocycles. The van der Waals surface area contributed by atoms with Crippen LogP contribution >= 0.6 is 0 Å². The fourth-order valence-electron chi connectivity index (χ4n) is 3.01. The number of rotatable bonds is 3. The fraction of sp³-hybridized carbons (Fsp3) is 1.00. The predicted octanol–water partition coefficient (Wildman–Crippen LogP) is 1.86. The third-order valence-electron chi connectivity index (χ3n) is 3.91. The van der Waals surface area contributed by atoms with Gasteiger partial charge in [0, 0.05) is 12.6 Å². The molecule has 2 atom stereocenters. The fourth-order valence-corrected chi connectivity index (χ4v) is 3.01. The molecule has 2 unspecified atom stereocenters. The third kappa shape index (κ3) is 2.71. The van der Waals surface area contributed by atoms with Gasteiger partial charge >= 0.3 is 0 Å². The highest BCUT2D eigenvalue weighted by molar-refractivity contribution is 4.82. The molecule has 0 radical (unpaired) electrons. The third-order valence-corrected chi connectivity index (χ3v) is 3.91. The van der Waals surface area contributed by atoms with Crippen LogP contribution in [0.1, 0.15) is 38.5 Å². The van der Waals surface area contributed by atoms with Crippen molar-refractivity contribution in [3.05, 3.63) is 0 Å². The molecule has 1 saturated carbocycles. The molecule has 1 saturated heterocycles. The zero-order valence-corrected chi connectivity index (χ0v) is 9.47. The van der Waals surface area contributed by atoms with E-state index in [1.165, 1.54) is 58.2 Å². The standard InChI is InChI=1S/C12H24N2/c1-13-12-6-5-11(9-12)10-14-7-3-2-4-8-14/h11-13H,2-10H2,1H3. The summed E-state index contributed by atoms with van der Waals surface area (Å²) in [5, 5.41) is 3.41. The Bertz CT molecular complexity index is 164. The zero-order chi connectivity index (χ0) is 9.80. The first-order valence-corrected chi connectivity index (χ1v) is 6.28. The van der Waals surface area contributed by atoms with Crippen molar-refractivity contribution in [1.82, 2.24) is 10.2 Å². The summed E-state index contributed by atoms with van der Waals surface area (Å²) in [5.41, 5.74) is 0. The van der Waals surface area contributed by atoms with Crippen LogP contribution in [0.4, 0.5) is 0 Å². The highest BCUT2D eigenvalue weighted by atomic mass is 15.1. The minimum Gasteiger partial charge on any atom is -0.317 e. The Morgan fingerprint density at radius 3 is 2.57 bits per heavy atom. The summed E-state index contributed by atoms with van der Waals surface area (Å²) in [4.78, 5) is 2.69. The highest BCUT2D eigenvalue weighted by Crippen LogP contribution is 2.26. The topological polar surface area (TPSA) is 15.3 Å². The predicted molar refractivity (Wildman–Crippen MR) is 60.5 cm³/mol. The lowest BCUT2D eigenvalue weighted by molar-refractivity contribution is 0.195. The maximum atomic E-state index is 3.41. The van der Waals surface area contributed by atoms with Gasteiger partial charge in [0.25, 0.3) is 0 Å². The molecule has 0 spiro atoms. The molecular weight excluding hydrogens is 172 g/mol. The van der Waals surface area contributed by atoms with Crippen molar-refractivity contribution in [2.75, 3.05) is 26.7 Å². The van der Waals surface area contributed by atoms with E-state index in [4.69, 9.17) is 0 Å². The number of piperidine rings is 1. The molecular formula is C12H24N2. The van der Waals surface area contributed by atoms with Crippen molar-refractivity contribution in [3.63, 3.8) is 0 Å². The first kappa shape index (κ1) is 10.4. The van der Waals surface area contributed by atoms with E-state index in [2.05, 4.69) is 17.3 Å². The van der Waals surface area contributed by atoms with Crippen molar-refractivity contribution in [1.29, 1.82) is 0 Å². The van der Waals surface area contributed by atoms with Gasteiger partial charge in [-0.15, -0.1) is 0 Å². The lowest BCUT2D eigenvalue weighted by Crippen LogP contribution is -2.34. The van der Waals surface area contributed by atoms with Gasteiger partial charge in [0.2, 0.25) is 0 Å². The van der Waals surface area contributed by atoms with Crippen LogP contribution in [0.25, 0.3) is 0 Å². The lowest BCUT2D eigenvalue weighted by atomic mass is 10.0. The highest BCUT2D eigenvalue weighted by Gasteiger charge is 2.25. The molecule has 2 heteroatoms. The summed E-state index contributed by atoms with van der Waals surface area (Å²) < 4.78 is 0. The van der Waals surface area contributed by atoms with Gasteiger partial charge in [0.1, 0.15) is 0 Å². The molecule has 2 aliphatic rings. The summed E-state index contributed by atoms with van der Waals surface area (Å²) in [6.45, 7) is 4.10. The van der Waals surface area contributed by atoms with Gasteiger partial charge in [0.05, 0.1) is 0 Å². The normalized spacial score (nSPS) is 34.9. The summed E-state index contributed by atoms with van der Waals surface area (Å²) in [6, 6.07) is 0.810. The first-order chi connectivity index (χ1) is 6.88. The number of nitrogens with zero attached hydrogens (tertiary/aromatic N) is 1. The zero-order valence-electron chi connectivity index (χ0n) is 9.47. The molecule has 0 amide bonds. The van der Waals surface area contributed by atoms with Crippen LogP contribution in [0.2, 0.25) is 0 Å². The van der Waals surface area contributed by atoms with E-state index < -0.39 is 0 Å². The van der Waals surface area contributed by atoms with E-state index in [0.29, 0.717) is 0 Å². The summed E-state index contributed by atoms with van der Waals surface area (Å²) in [7, 11) is 2.11. The quantitative estimate of drug-likeness (QED) is 0.741. The van der Waals surface area contributed by atoms with Gasteiger partial charge in [-0.05, 0) is 58.2 Å². The van der Waals surface area contributed by atoms with Gasteiger partial charge in [-0.2, -0.15) is 0 Å². The average molecular weight is 196 g/mol. The number of likely N-dealkylation sites (tertiary alicyclic amines) is 1. The Kier molecular flexibility index (Phi) is 3.82. The number of hydrogen-bond donors (Lipinski definition) is 1. The molecule has 2 fully saturated rings. The second-order valence-corrected chi connectivity index (χ2v) is 5.03. The first-order valence-electron chi connectivity index (χ1n) is 6.28. The Morgan fingerprint density at radius 2 is 1.93 bits per heavy atom. The SMILES string of the molecule is CNC1CCC(CN2CCCCC2)C1. The second-order valence-electron chi connectivity index (χ2n) is 5.03. The molecule has 14 heavy (non-hydrogen) atoms. The summed E-state index contributed by atoms with van der Waals surface area (Å²) >= 11 is 0. The molecule has 0 aromatic rings. The Balaban J connectivity index is 1.69. The largest absolute Gasteiger partial charge is 0.317 e. The van der Waals surface area contributed by atoms with Crippen molar-refractivity contribution in [2.45, 2.75) is 44.6 Å². The van der Waals surface area contributed by atoms with Gasteiger partial charge in [0.15, 0.2) is 0 Å². The Labute approximate surface area is 88.1 Å². The molecule has 1 aliphatic carbocycles. The molecule has 1 N–H and O–H groups in total. The van der Waals surface area contributed by atoms with E-state index in [-0.39, 0.29) is 0 Å². The van der Waals surface area contributed by atoms with Crippen LogP contribution in [0.15, 0.2) is 0 Å². The Hall–Kier alpha value is -0.0800. The van der Waals surface area contributed by atoms with Gasteiger partial charge in [-0.3, -0.25) is 0 Å². The lowest BCUT2D eigenvalue weighted by Gasteiger charge is -2.29. The van der Waals surface area contributed by atoms with E-state index >= 15 is 0 Å². The summed E-state index contributed by atoms with van der Waals surface area (Å²) in [6.07, 6.45) is 8.58. The van der Waals surface area contributed by atoms with Crippen LogP contribution < -0.4 is 5.32 Å². The molecule has 0 aromatic carbocycles. The van der Waals surface area contributed by atoms with Crippen LogP contribution in [0.3, 0.4) is 0 Å². The van der Waals surface area contributed by atoms with Gasteiger partial charge < -0.3 is 10.2 Å². The van der Waals surface area contributed by atoms with E-state index in [1.54, 1.807) is 0 Å².